The maximum atomic E-state index is 11.3. The van der Waals surface area contributed by atoms with Crippen LogP contribution in [0.2, 0.25) is 0 Å². The van der Waals surface area contributed by atoms with Crippen molar-refractivity contribution < 1.29 is 4.79 Å². The molecule has 1 aromatic rings. The molecule has 3 nitrogen and oxygen atoms in total. The fourth-order valence-corrected chi connectivity index (χ4v) is 1.05. The number of carbonyl (C=O) groups is 1. The van der Waals surface area contributed by atoms with Crippen LogP contribution in [0.4, 0.5) is 10.5 Å². The number of amides is 2. The normalized spacial score (nSPS) is 9.71. The number of nitrogens with zero attached hydrogens (tertiary/aromatic N) is 1. The van der Waals surface area contributed by atoms with E-state index in [1.165, 1.54) is 16.0 Å². The average Bonchev–Trinajstić information content (AvgIpc) is 2.11. The SMILES string of the molecule is Cc1ccc(NC(=O)N(C)C)cc1C. The Morgan fingerprint density at radius 2 is 1.86 bits per heavy atom. The van der Waals surface area contributed by atoms with Crippen molar-refractivity contribution >= 4 is 11.7 Å². The van der Waals surface area contributed by atoms with Gasteiger partial charge in [0.05, 0.1) is 0 Å². The van der Waals surface area contributed by atoms with Crippen molar-refractivity contribution in [3.05, 3.63) is 29.3 Å². The quantitative estimate of drug-likeness (QED) is 0.728. The molecule has 0 aliphatic rings. The van der Waals surface area contributed by atoms with Crippen LogP contribution >= 0.6 is 0 Å². The van der Waals surface area contributed by atoms with Gasteiger partial charge in [-0.3, -0.25) is 0 Å². The Kier molecular flexibility index (Phi) is 3.12. The molecule has 0 bridgehead atoms. The summed E-state index contributed by atoms with van der Waals surface area (Å²) in [6, 6.07) is 5.77. The van der Waals surface area contributed by atoms with Gasteiger partial charge in [0.2, 0.25) is 0 Å². The molecule has 2 amide bonds. The Balaban J connectivity index is 2.78. The van der Waals surface area contributed by atoms with Crippen molar-refractivity contribution in [1.29, 1.82) is 0 Å². The lowest BCUT2D eigenvalue weighted by Gasteiger charge is -2.12. The van der Waals surface area contributed by atoms with Crippen LogP contribution in [0.15, 0.2) is 18.2 Å². The predicted octanol–water partition coefficient (Wildman–Crippen LogP) is 2.40. The minimum absolute atomic E-state index is 0.103. The molecule has 0 saturated carbocycles. The summed E-state index contributed by atoms with van der Waals surface area (Å²) in [6.45, 7) is 4.08. The van der Waals surface area contributed by atoms with Gasteiger partial charge in [-0.15, -0.1) is 0 Å². The molecule has 1 aromatic carbocycles. The zero-order valence-corrected chi connectivity index (χ0v) is 9.09. The van der Waals surface area contributed by atoms with Gasteiger partial charge in [-0.1, -0.05) is 6.07 Å². The Labute approximate surface area is 84.7 Å². The van der Waals surface area contributed by atoms with Crippen molar-refractivity contribution in [3.63, 3.8) is 0 Å². The van der Waals surface area contributed by atoms with E-state index in [2.05, 4.69) is 5.32 Å². The molecule has 0 aromatic heterocycles. The highest BCUT2D eigenvalue weighted by atomic mass is 16.2. The zero-order chi connectivity index (χ0) is 10.7. The number of hydrogen-bond donors (Lipinski definition) is 1. The molecular weight excluding hydrogens is 176 g/mol. The van der Waals surface area contributed by atoms with E-state index >= 15 is 0 Å². The number of urea groups is 1. The molecule has 0 atom stereocenters. The topological polar surface area (TPSA) is 32.3 Å². The van der Waals surface area contributed by atoms with Crippen molar-refractivity contribution in [2.75, 3.05) is 19.4 Å². The highest BCUT2D eigenvalue weighted by Gasteiger charge is 2.03. The Hall–Kier alpha value is -1.51. The fraction of sp³-hybridized carbons (Fsp3) is 0.364. The maximum absolute atomic E-state index is 11.3. The number of rotatable bonds is 1. The molecule has 0 spiro atoms. The monoisotopic (exact) mass is 192 g/mol. The minimum Gasteiger partial charge on any atom is -0.331 e. The molecule has 0 fully saturated rings. The van der Waals surface area contributed by atoms with Crippen LogP contribution in [-0.4, -0.2) is 25.0 Å². The summed E-state index contributed by atoms with van der Waals surface area (Å²) in [5.41, 5.74) is 3.25. The van der Waals surface area contributed by atoms with Crippen molar-refractivity contribution in [2.24, 2.45) is 0 Å². The van der Waals surface area contributed by atoms with E-state index in [4.69, 9.17) is 0 Å². The van der Waals surface area contributed by atoms with Crippen LogP contribution < -0.4 is 5.32 Å². The Morgan fingerprint density at radius 3 is 2.36 bits per heavy atom. The molecule has 3 heteroatoms. The van der Waals surface area contributed by atoms with E-state index < -0.39 is 0 Å². The second-order valence-corrected chi connectivity index (χ2v) is 3.62. The number of nitrogens with one attached hydrogen (secondary N) is 1. The molecule has 76 valence electrons. The summed E-state index contributed by atoms with van der Waals surface area (Å²) in [4.78, 5) is 12.8. The largest absolute Gasteiger partial charge is 0.331 e. The molecule has 0 aliphatic carbocycles. The second kappa shape index (κ2) is 4.13. The molecule has 0 radical (unpaired) electrons. The van der Waals surface area contributed by atoms with Crippen LogP contribution in [0.3, 0.4) is 0 Å². The lowest BCUT2D eigenvalue weighted by atomic mass is 10.1. The van der Waals surface area contributed by atoms with E-state index in [0.29, 0.717) is 0 Å². The van der Waals surface area contributed by atoms with Gasteiger partial charge >= 0.3 is 6.03 Å². The number of carbonyl (C=O) groups excluding carboxylic acids is 1. The minimum atomic E-state index is -0.103. The number of aryl methyl sites for hydroxylation is 2. The van der Waals surface area contributed by atoms with Gasteiger partial charge in [-0.2, -0.15) is 0 Å². The van der Waals surface area contributed by atoms with Crippen LogP contribution in [0, 0.1) is 13.8 Å². The van der Waals surface area contributed by atoms with Gasteiger partial charge in [0.25, 0.3) is 0 Å². The van der Waals surface area contributed by atoms with Crippen LogP contribution in [0.1, 0.15) is 11.1 Å². The Morgan fingerprint density at radius 1 is 1.21 bits per heavy atom. The lowest BCUT2D eigenvalue weighted by molar-refractivity contribution is 0.230. The van der Waals surface area contributed by atoms with Gasteiger partial charge < -0.3 is 10.2 Å². The summed E-state index contributed by atoms with van der Waals surface area (Å²) in [6.07, 6.45) is 0. The highest BCUT2D eigenvalue weighted by molar-refractivity contribution is 5.89. The Bertz CT molecular complexity index is 345. The van der Waals surface area contributed by atoms with E-state index in [1.807, 2.05) is 32.0 Å². The molecule has 0 heterocycles. The van der Waals surface area contributed by atoms with Gasteiger partial charge in [-0.05, 0) is 37.1 Å². The first-order valence-corrected chi connectivity index (χ1v) is 4.56. The van der Waals surface area contributed by atoms with Gasteiger partial charge in [0, 0.05) is 19.8 Å². The van der Waals surface area contributed by atoms with Crippen molar-refractivity contribution in [2.45, 2.75) is 13.8 Å². The van der Waals surface area contributed by atoms with E-state index in [9.17, 15) is 4.79 Å². The van der Waals surface area contributed by atoms with Crippen LogP contribution in [0.5, 0.6) is 0 Å². The van der Waals surface area contributed by atoms with Gasteiger partial charge in [0.15, 0.2) is 0 Å². The van der Waals surface area contributed by atoms with E-state index in [0.717, 1.165) is 5.69 Å². The number of benzene rings is 1. The van der Waals surface area contributed by atoms with Crippen molar-refractivity contribution in [1.82, 2.24) is 4.90 Å². The van der Waals surface area contributed by atoms with E-state index in [1.54, 1.807) is 14.1 Å². The molecular formula is C11H16N2O. The number of hydrogen-bond acceptors (Lipinski definition) is 1. The van der Waals surface area contributed by atoms with Crippen LogP contribution in [0.25, 0.3) is 0 Å². The molecule has 1 N–H and O–H groups in total. The summed E-state index contributed by atoms with van der Waals surface area (Å²) in [5.74, 6) is 0. The maximum Gasteiger partial charge on any atom is 0.321 e. The summed E-state index contributed by atoms with van der Waals surface area (Å²) < 4.78 is 0. The van der Waals surface area contributed by atoms with Gasteiger partial charge in [0.1, 0.15) is 0 Å². The zero-order valence-electron chi connectivity index (χ0n) is 9.09. The molecule has 14 heavy (non-hydrogen) atoms. The van der Waals surface area contributed by atoms with Gasteiger partial charge in [-0.25, -0.2) is 4.79 Å². The first kappa shape index (κ1) is 10.6. The van der Waals surface area contributed by atoms with E-state index in [-0.39, 0.29) is 6.03 Å². The fourth-order valence-electron chi connectivity index (χ4n) is 1.05. The third kappa shape index (κ3) is 2.49. The number of anilines is 1. The third-order valence-corrected chi connectivity index (χ3v) is 2.16. The summed E-state index contributed by atoms with van der Waals surface area (Å²) >= 11 is 0. The summed E-state index contributed by atoms with van der Waals surface area (Å²) in [5, 5.41) is 2.80. The average molecular weight is 192 g/mol. The first-order chi connectivity index (χ1) is 6.50. The smallest absolute Gasteiger partial charge is 0.321 e. The second-order valence-electron chi connectivity index (χ2n) is 3.62. The molecule has 0 aliphatic heterocycles. The molecule has 1 rings (SSSR count). The third-order valence-electron chi connectivity index (χ3n) is 2.16. The predicted molar refractivity (Wildman–Crippen MR) is 58.6 cm³/mol. The van der Waals surface area contributed by atoms with Crippen LogP contribution in [-0.2, 0) is 0 Å². The highest BCUT2D eigenvalue weighted by Crippen LogP contribution is 2.14. The molecule has 0 unspecified atom stereocenters. The van der Waals surface area contributed by atoms with Crippen molar-refractivity contribution in [3.8, 4) is 0 Å². The standard InChI is InChI=1S/C11H16N2O/c1-8-5-6-10(7-9(8)2)12-11(14)13(3)4/h5-7H,1-4H3,(H,12,14). The lowest BCUT2D eigenvalue weighted by Crippen LogP contribution is -2.27. The first-order valence-electron chi connectivity index (χ1n) is 4.56. The molecule has 0 saturated heterocycles. The summed E-state index contributed by atoms with van der Waals surface area (Å²) in [7, 11) is 3.44.